The molecule has 0 bridgehead atoms. The molecule has 0 saturated heterocycles. The Kier molecular flexibility index (Phi) is 7.69. The summed E-state index contributed by atoms with van der Waals surface area (Å²) in [6, 6.07) is 0. The summed E-state index contributed by atoms with van der Waals surface area (Å²) in [5, 5.41) is 3.94. The van der Waals surface area contributed by atoms with E-state index in [0.717, 1.165) is 24.3 Å². The van der Waals surface area contributed by atoms with Gasteiger partial charge in [-0.05, 0) is 25.7 Å². The first-order valence-electron chi connectivity index (χ1n) is 7.11. The maximum absolute atomic E-state index is 5.49. The van der Waals surface area contributed by atoms with Gasteiger partial charge in [-0.15, -0.1) is 0 Å². The van der Waals surface area contributed by atoms with Gasteiger partial charge in [-0.2, -0.15) is 5.10 Å². The fraction of sp³-hybridized carbons (Fsp3) is 0.857. The van der Waals surface area contributed by atoms with Crippen molar-refractivity contribution >= 4 is 11.4 Å². The Morgan fingerprint density at radius 1 is 0.706 bits per heavy atom. The molecule has 1 aliphatic carbocycles. The van der Waals surface area contributed by atoms with Crippen molar-refractivity contribution in [3.05, 3.63) is 0 Å². The highest BCUT2D eigenvalue weighted by Crippen LogP contribution is 2.14. The molecule has 0 unspecified atom stereocenters. The minimum Gasteiger partial charge on any atom is -0.323 e. The fourth-order valence-corrected chi connectivity index (χ4v) is 2.49. The van der Waals surface area contributed by atoms with Crippen LogP contribution in [0.15, 0.2) is 10.1 Å². The lowest BCUT2D eigenvalue weighted by atomic mass is 10.0. The van der Waals surface area contributed by atoms with Crippen LogP contribution in [0.3, 0.4) is 0 Å². The van der Waals surface area contributed by atoms with E-state index in [9.17, 15) is 0 Å². The second kappa shape index (κ2) is 9.20. The Hall–Kier alpha value is -0.860. The predicted molar refractivity (Wildman–Crippen MR) is 75.8 cm³/mol. The number of rotatable bonds is 0. The first kappa shape index (κ1) is 14.2. The van der Waals surface area contributed by atoms with Gasteiger partial charge in [0.2, 0.25) is 0 Å². The Morgan fingerprint density at radius 2 is 1.12 bits per heavy atom. The van der Waals surface area contributed by atoms with Crippen LogP contribution in [0.2, 0.25) is 0 Å². The molecule has 3 heteroatoms. The summed E-state index contributed by atoms with van der Waals surface area (Å²) in [4.78, 5) is 4.36. The van der Waals surface area contributed by atoms with E-state index in [1.807, 2.05) is 7.05 Å². The molecule has 1 saturated carbocycles. The van der Waals surface area contributed by atoms with Crippen molar-refractivity contribution in [3.8, 4) is 0 Å². The summed E-state index contributed by atoms with van der Waals surface area (Å²) >= 11 is 0. The van der Waals surface area contributed by atoms with E-state index in [1.54, 1.807) is 0 Å². The zero-order chi connectivity index (χ0) is 12.3. The van der Waals surface area contributed by atoms with Crippen LogP contribution < -0.4 is 5.84 Å². The molecule has 0 aliphatic heterocycles. The molecule has 3 nitrogen and oxygen atoms in total. The van der Waals surface area contributed by atoms with Gasteiger partial charge < -0.3 is 5.84 Å². The Labute approximate surface area is 106 Å². The SMILES string of the molecule is CN=C1CCCCCCCCCCC/C1=N/N. The summed E-state index contributed by atoms with van der Waals surface area (Å²) < 4.78 is 0. The van der Waals surface area contributed by atoms with Gasteiger partial charge in [-0.3, -0.25) is 4.99 Å². The highest BCUT2D eigenvalue weighted by atomic mass is 15.1. The summed E-state index contributed by atoms with van der Waals surface area (Å²) in [6.45, 7) is 0. The minimum absolute atomic E-state index is 1.00. The van der Waals surface area contributed by atoms with E-state index in [1.165, 1.54) is 57.8 Å². The molecule has 0 atom stereocenters. The smallest absolute Gasteiger partial charge is 0.0810 e. The summed E-state index contributed by atoms with van der Waals surface area (Å²) in [5.74, 6) is 5.49. The normalized spacial score (nSPS) is 26.2. The van der Waals surface area contributed by atoms with Crippen LogP contribution in [0.5, 0.6) is 0 Å². The predicted octanol–water partition coefficient (Wildman–Crippen LogP) is 3.68. The molecule has 2 N–H and O–H groups in total. The second-order valence-electron chi connectivity index (χ2n) is 4.93. The van der Waals surface area contributed by atoms with E-state index >= 15 is 0 Å². The molecule has 0 radical (unpaired) electrons. The van der Waals surface area contributed by atoms with Crippen LogP contribution in [-0.4, -0.2) is 18.5 Å². The quantitative estimate of drug-likeness (QED) is 0.507. The molecule has 1 rings (SSSR count). The number of aliphatic imine (C=N–C) groups is 1. The van der Waals surface area contributed by atoms with Crippen molar-refractivity contribution < 1.29 is 0 Å². The number of hydrogen-bond acceptors (Lipinski definition) is 3. The van der Waals surface area contributed by atoms with Crippen LogP contribution >= 0.6 is 0 Å². The van der Waals surface area contributed by atoms with Crippen molar-refractivity contribution in [1.82, 2.24) is 0 Å². The van der Waals surface area contributed by atoms with Gasteiger partial charge in [-0.1, -0.05) is 44.9 Å². The molecule has 0 aromatic rings. The van der Waals surface area contributed by atoms with Crippen LogP contribution in [-0.2, 0) is 0 Å². The van der Waals surface area contributed by atoms with Gasteiger partial charge in [0.1, 0.15) is 0 Å². The van der Waals surface area contributed by atoms with E-state index in [-0.39, 0.29) is 0 Å². The molecule has 0 aromatic carbocycles. The largest absolute Gasteiger partial charge is 0.323 e. The molecule has 0 spiro atoms. The maximum atomic E-state index is 5.49. The summed E-state index contributed by atoms with van der Waals surface area (Å²) in [5.41, 5.74) is 2.17. The highest BCUT2D eigenvalue weighted by Gasteiger charge is 2.08. The summed E-state index contributed by atoms with van der Waals surface area (Å²) in [6.07, 6.45) is 14.0. The number of hydrogen-bond donors (Lipinski definition) is 1. The lowest BCUT2D eigenvalue weighted by Crippen LogP contribution is -2.16. The van der Waals surface area contributed by atoms with Crippen LogP contribution in [0.1, 0.15) is 70.6 Å². The van der Waals surface area contributed by atoms with Crippen molar-refractivity contribution in [2.75, 3.05) is 7.05 Å². The minimum atomic E-state index is 1.00. The Morgan fingerprint density at radius 3 is 1.53 bits per heavy atom. The average molecular weight is 237 g/mol. The maximum Gasteiger partial charge on any atom is 0.0810 e. The van der Waals surface area contributed by atoms with Crippen molar-refractivity contribution in [3.63, 3.8) is 0 Å². The Balaban J connectivity index is 2.51. The van der Waals surface area contributed by atoms with Crippen LogP contribution in [0.25, 0.3) is 0 Å². The number of nitrogens with zero attached hydrogens (tertiary/aromatic N) is 2. The fourth-order valence-electron chi connectivity index (χ4n) is 2.49. The number of hydrazone groups is 1. The average Bonchev–Trinajstić information content (AvgIpc) is 2.38. The molecular formula is C14H27N3. The first-order chi connectivity index (χ1) is 8.38. The van der Waals surface area contributed by atoms with E-state index < -0.39 is 0 Å². The Bertz CT molecular complexity index is 230. The van der Waals surface area contributed by atoms with Gasteiger partial charge in [0, 0.05) is 7.05 Å². The van der Waals surface area contributed by atoms with E-state index in [0.29, 0.717) is 0 Å². The van der Waals surface area contributed by atoms with Gasteiger partial charge in [0.25, 0.3) is 0 Å². The molecule has 17 heavy (non-hydrogen) atoms. The van der Waals surface area contributed by atoms with Crippen LogP contribution in [0, 0.1) is 0 Å². The van der Waals surface area contributed by atoms with Crippen molar-refractivity contribution in [1.29, 1.82) is 0 Å². The summed E-state index contributed by atoms with van der Waals surface area (Å²) in [7, 11) is 1.86. The third kappa shape index (κ3) is 5.85. The molecule has 1 fully saturated rings. The molecule has 0 heterocycles. The lowest BCUT2D eigenvalue weighted by molar-refractivity contribution is 0.567. The molecular weight excluding hydrogens is 210 g/mol. The molecule has 0 aromatic heterocycles. The first-order valence-corrected chi connectivity index (χ1v) is 7.11. The zero-order valence-corrected chi connectivity index (χ0v) is 11.2. The molecule has 98 valence electrons. The van der Waals surface area contributed by atoms with Crippen molar-refractivity contribution in [2.24, 2.45) is 15.9 Å². The van der Waals surface area contributed by atoms with Gasteiger partial charge in [0.05, 0.1) is 11.4 Å². The second-order valence-corrected chi connectivity index (χ2v) is 4.93. The molecule has 0 amide bonds. The standard InChI is InChI=1S/C14H27N3/c1-16-13-11-9-7-5-3-2-4-6-8-10-12-14(13)17-15/h2-12,15H2,1H3/b16-13?,17-14-. The monoisotopic (exact) mass is 237 g/mol. The third-order valence-corrected chi connectivity index (χ3v) is 3.59. The highest BCUT2D eigenvalue weighted by molar-refractivity contribution is 6.42. The lowest BCUT2D eigenvalue weighted by Gasteiger charge is -2.08. The third-order valence-electron chi connectivity index (χ3n) is 3.59. The van der Waals surface area contributed by atoms with E-state index in [2.05, 4.69) is 10.1 Å². The number of nitrogens with two attached hydrogens (primary N) is 1. The van der Waals surface area contributed by atoms with Gasteiger partial charge >= 0.3 is 0 Å². The van der Waals surface area contributed by atoms with E-state index in [4.69, 9.17) is 5.84 Å². The van der Waals surface area contributed by atoms with Gasteiger partial charge in [0.15, 0.2) is 0 Å². The molecule has 1 aliphatic rings. The van der Waals surface area contributed by atoms with Gasteiger partial charge in [-0.25, -0.2) is 0 Å². The van der Waals surface area contributed by atoms with Crippen LogP contribution in [0.4, 0.5) is 0 Å². The zero-order valence-electron chi connectivity index (χ0n) is 11.2. The van der Waals surface area contributed by atoms with Crippen molar-refractivity contribution in [2.45, 2.75) is 70.6 Å². The topological polar surface area (TPSA) is 50.7 Å².